The van der Waals surface area contributed by atoms with E-state index < -0.39 is 0 Å². The number of allylic oxidation sites excluding steroid dienone is 1. The van der Waals surface area contributed by atoms with Crippen molar-refractivity contribution in [3.05, 3.63) is 12.2 Å². The summed E-state index contributed by atoms with van der Waals surface area (Å²) in [7, 11) is 4.27. The Hall–Kier alpha value is -0.300. The second-order valence-electron chi connectivity index (χ2n) is 4.11. The SMILES string of the molecule is C=C(CCC)CCCCCN(C)C. The Kier molecular flexibility index (Phi) is 8.11. The van der Waals surface area contributed by atoms with Gasteiger partial charge in [-0.05, 0) is 46.3 Å². The molecule has 0 aromatic rings. The lowest BCUT2D eigenvalue weighted by Crippen LogP contribution is -2.12. The summed E-state index contributed by atoms with van der Waals surface area (Å²) in [6.45, 7) is 7.51. The quantitative estimate of drug-likeness (QED) is 0.411. The standard InChI is InChI=1S/C12H25N/c1-5-9-12(2)10-7-6-8-11-13(3)4/h2,5-11H2,1,3-4H3. The molecule has 0 N–H and O–H groups in total. The first-order valence-electron chi connectivity index (χ1n) is 5.48. The molecule has 0 atom stereocenters. The monoisotopic (exact) mass is 183 g/mol. The fraction of sp³-hybridized carbons (Fsp3) is 0.833. The fourth-order valence-corrected chi connectivity index (χ4v) is 1.46. The maximum Gasteiger partial charge on any atom is -0.00248 e. The van der Waals surface area contributed by atoms with Crippen LogP contribution >= 0.6 is 0 Å². The first-order valence-corrected chi connectivity index (χ1v) is 5.48. The Morgan fingerprint density at radius 3 is 2.31 bits per heavy atom. The number of hydrogen-bond acceptors (Lipinski definition) is 1. The minimum Gasteiger partial charge on any atom is -0.309 e. The van der Waals surface area contributed by atoms with Crippen LogP contribution in [0.1, 0.15) is 45.4 Å². The molecule has 1 heteroatoms. The van der Waals surface area contributed by atoms with Crippen LogP contribution in [0.4, 0.5) is 0 Å². The van der Waals surface area contributed by atoms with Crippen LogP contribution < -0.4 is 0 Å². The van der Waals surface area contributed by atoms with Gasteiger partial charge in [-0.2, -0.15) is 0 Å². The molecule has 0 saturated carbocycles. The van der Waals surface area contributed by atoms with Gasteiger partial charge in [-0.25, -0.2) is 0 Å². The van der Waals surface area contributed by atoms with Crippen LogP contribution in [0.3, 0.4) is 0 Å². The summed E-state index contributed by atoms with van der Waals surface area (Å²) in [6.07, 6.45) is 7.70. The van der Waals surface area contributed by atoms with Gasteiger partial charge in [-0.1, -0.05) is 31.9 Å². The van der Waals surface area contributed by atoms with E-state index in [0.717, 1.165) is 0 Å². The minimum atomic E-state index is 1.22. The third-order valence-corrected chi connectivity index (χ3v) is 2.24. The Balaban J connectivity index is 3.11. The molecule has 78 valence electrons. The zero-order chi connectivity index (χ0) is 10.1. The van der Waals surface area contributed by atoms with Crippen molar-refractivity contribution >= 4 is 0 Å². The molecule has 0 aliphatic heterocycles. The molecule has 0 bridgehead atoms. The summed E-state index contributed by atoms with van der Waals surface area (Å²) < 4.78 is 0. The number of hydrogen-bond donors (Lipinski definition) is 0. The van der Waals surface area contributed by atoms with Crippen LogP contribution in [0.2, 0.25) is 0 Å². The molecular formula is C12H25N. The van der Waals surface area contributed by atoms with E-state index in [0.29, 0.717) is 0 Å². The maximum atomic E-state index is 4.07. The number of rotatable bonds is 8. The molecular weight excluding hydrogens is 158 g/mol. The van der Waals surface area contributed by atoms with E-state index in [1.165, 1.54) is 50.6 Å². The first-order chi connectivity index (χ1) is 6.16. The van der Waals surface area contributed by atoms with Gasteiger partial charge in [0.15, 0.2) is 0 Å². The summed E-state index contributed by atoms with van der Waals surface area (Å²) in [6, 6.07) is 0. The molecule has 0 spiro atoms. The number of nitrogens with zero attached hydrogens (tertiary/aromatic N) is 1. The highest BCUT2D eigenvalue weighted by Gasteiger charge is 1.94. The molecule has 0 heterocycles. The van der Waals surface area contributed by atoms with E-state index in [1.807, 2.05) is 0 Å². The van der Waals surface area contributed by atoms with Gasteiger partial charge in [-0.15, -0.1) is 0 Å². The van der Waals surface area contributed by atoms with Crippen LogP contribution in [-0.4, -0.2) is 25.5 Å². The van der Waals surface area contributed by atoms with Gasteiger partial charge >= 0.3 is 0 Å². The van der Waals surface area contributed by atoms with Crippen molar-refractivity contribution in [2.45, 2.75) is 45.4 Å². The van der Waals surface area contributed by atoms with Crippen molar-refractivity contribution in [1.29, 1.82) is 0 Å². The van der Waals surface area contributed by atoms with Crippen molar-refractivity contribution in [3.8, 4) is 0 Å². The van der Waals surface area contributed by atoms with E-state index in [4.69, 9.17) is 0 Å². The third-order valence-electron chi connectivity index (χ3n) is 2.24. The lowest BCUT2D eigenvalue weighted by Gasteiger charge is -2.09. The van der Waals surface area contributed by atoms with Crippen molar-refractivity contribution < 1.29 is 0 Å². The summed E-state index contributed by atoms with van der Waals surface area (Å²) in [5.41, 5.74) is 1.44. The van der Waals surface area contributed by atoms with Gasteiger partial charge in [-0.3, -0.25) is 0 Å². The van der Waals surface area contributed by atoms with E-state index in [2.05, 4.69) is 32.5 Å². The van der Waals surface area contributed by atoms with Gasteiger partial charge in [0.05, 0.1) is 0 Å². The Bertz CT molecular complexity index is 127. The van der Waals surface area contributed by atoms with Crippen LogP contribution in [0, 0.1) is 0 Å². The van der Waals surface area contributed by atoms with Gasteiger partial charge in [0.2, 0.25) is 0 Å². The Morgan fingerprint density at radius 2 is 1.77 bits per heavy atom. The fourth-order valence-electron chi connectivity index (χ4n) is 1.46. The Labute approximate surface area is 83.8 Å². The van der Waals surface area contributed by atoms with Gasteiger partial charge in [0, 0.05) is 0 Å². The minimum absolute atomic E-state index is 1.22. The molecule has 0 saturated heterocycles. The highest BCUT2D eigenvalue weighted by molar-refractivity contribution is 4.92. The maximum absolute atomic E-state index is 4.07. The zero-order valence-electron chi connectivity index (χ0n) is 9.60. The molecule has 0 aromatic carbocycles. The normalized spacial score (nSPS) is 10.8. The van der Waals surface area contributed by atoms with Gasteiger partial charge in [0.1, 0.15) is 0 Å². The highest BCUT2D eigenvalue weighted by Crippen LogP contribution is 2.11. The lowest BCUT2D eigenvalue weighted by molar-refractivity contribution is 0.391. The van der Waals surface area contributed by atoms with Crippen LogP contribution in [-0.2, 0) is 0 Å². The van der Waals surface area contributed by atoms with Crippen molar-refractivity contribution in [2.75, 3.05) is 20.6 Å². The topological polar surface area (TPSA) is 3.24 Å². The molecule has 1 nitrogen and oxygen atoms in total. The summed E-state index contributed by atoms with van der Waals surface area (Å²) in [4.78, 5) is 2.25. The van der Waals surface area contributed by atoms with Crippen molar-refractivity contribution in [2.24, 2.45) is 0 Å². The summed E-state index contributed by atoms with van der Waals surface area (Å²) in [5.74, 6) is 0. The predicted molar refractivity (Wildman–Crippen MR) is 61.1 cm³/mol. The van der Waals surface area contributed by atoms with E-state index in [1.54, 1.807) is 0 Å². The summed E-state index contributed by atoms with van der Waals surface area (Å²) >= 11 is 0. The molecule has 0 aromatic heterocycles. The zero-order valence-corrected chi connectivity index (χ0v) is 9.60. The van der Waals surface area contributed by atoms with Crippen LogP contribution in [0.25, 0.3) is 0 Å². The van der Waals surface area contributed by atoms with Crippen LogP contribution in [0.15, 0.2) is 12.2 Å². The lowest BCUT2D eigenvalue weighted by atomic mass is 10.1. The van der Waals surface area contributed by atoms with Crippen molar-refractivity contribution in [3.63, 3.8) is 0 Å². The Morgan fingerprint density at radius 1 is 1.08 bits per heavy atom. The average molecular weight is 183 g/mol. The highest BCUT2D eigenvalue weighted by atomic mass is 15.0. The van der Waals surface area contributed by atoms with Gasteiger partial charge < -0.3 is 4.90 Å². The van der Waals surface area contributed by atoms with E-state index in [-0.39, 0.29) is 0 Å². The average Bonchev–Trinajstić information content (AvgIpc) is 2.03. The predicted octanol–water partition coefficient (Wildman–Crippen LogP) is 3.46. The molecule has 0 aliphatic rings. The third kappa shape index (κ3) is 9.62. The molecule has 0 rings (SSSR count). The molecule has 0 aliphatic carbocycles. The molecule has 0 fully saturated rings. The molecule has 0 amide bonds. The molecule has 0 unspecified atom stereocenters. The largest absolute Gasteiger partial charge is 0.309 e. The van der Waals surface area contributed by atoms with E-state index in [9.17, 15) is 0 Å². The second-order valence-corrected chi connectivity index (χ2v) is 4.11. The van der Waals surface area contributed by atoms with Gasteiger partial charge in [0.25, 0.3) is 0 Å². The van der Waals surface area contributed by atoms with E-state index >= 15 is 0 Å². The second kappa shape index (κ2) is 8.31. The molecule has 13 heavy (non-hydrogen) atoms. The van der Waals surface area contributed by atoms with Crippen molar-refractivity contribution in [1.82, 2.24) is 4.90 Å². The first kappa shape index (κ1) is 12.7. The molecule has 0 radical (unpaired) electrons. The summed E-state index contributed by atoms with van der Waals surface area (Å²) in [5, 5.41) is 0. The smallest absolute Gasteiger partial charge is 0.00248 e. The number of unbranched alkanes of at least 4 members (excludes halogenated alkanes) is 2. The van der Waals surface area contributed by atoms with Crippen LogP contribution in [0.5, 0.6) is 0 Å².